The molecule has 8 heteroatoms. The van der Waals surface area contributed by atoms with Gasteiger partial charge in [0.25, 0.3) is 11.6 Å². The van der Waals surface area contributed by atoms with Crippen LogP contribution in [-0.2, 0) is 4.79 Å². The van der Waals surface area contributed by atoms with E-state index in [4.69, 9.17) is 9.47 Å². The average Bonchev–Trinajstić information content (AvgIpc) is 2.69. The predicted molar refractivity (Wildman–Crippen MR) is 101 cm³/mol. The zero-order valence-corrected chi connectivity index (χ0v) is 15.2. The lowest BCUT2D eigenvalue weighted by atomic mass is 10.1. The van der Waals surface area contributed by atoms with E-state index in [-0.39, 0.29) is 12.3 Å². The number of ether oxygens (including phenoxy) is 2. The quantitative estimate of drug-likeness (QED) is 0.414. The summed E-state index contributed by atoms with van der Waals surface area (Å²) >= 11 is 0. The first-order chi connectivity index (χ1) is 13.0. The number of nitrogens with one attached hydrogen (secondary N) is 1. The standard InChI is InChI=1S/C19H21N3O5/c1-3-7-16(14-8-6-9-15(12-14)22(24)25)20-21-19(23)13-27-18-11-5-4-10-17(18)26-2/h4-6,8-12H,3,7,13H2,1-2H3,(H,21,23)/b20-16-. The summed E-state index contributed by atoms with van der Waals surface area (Å²) in [6.07, 6.45) is 1.34. The van der Waals surface area contributed by atoms with Gasteiger partial charge in [0, 0.05) is 17.7 Å². The Hall–Kier alpha value is -3.42. The van der Waals surface area contributed by atoms with Gasteiger partial charge >= 0.3 is 0 Å². The Kier molecular flexibility index (Phi) is 7.30. The molecule has 0 atom stereocenters. The normalized spacial score (nSPS) is 11.0. The van der Waals surface area contributed by atoms with Gasteiger partial charge in [0.2, 0.25) is 0 Å². The zero-order chi connectivity index (χ0) is 19.6. The first-order valence-corrected chi connectivity index (χ1v) is 8.41. The lowest BCUT2D eigenvalue weighted by molar-refractivity contribution is -0.384. The second kappa shape index (κ2) is 9.91. The highest BCUT2D eigenvalue weighted by Crippen LogP contribution is 2.25. The summed E-state index contributed by atoms with van der Waals surface area (Å²) in [4.78, 5) is 22.5. The molecular weight excluding hydrogens is 350 g/mol. The van der Waals surface area contributed by atoms with Gasteiger partial charge in [-0.2, -0.15) is 5.10 Å². The third-order valence-electron chi connectivity index (χ3n) is 3.62. The number of nitrogens with zero attached hydrogens (tertiary/aromatic N) is 2. The van der Waals surface area contributed by atoms with Crippen molar-refractivity contribution in [2.24, 2.45) is 5.10 Å². The molecule has 1 amide bonds. The second-order valence-electron chi connectivity index (χ2n) is 5.59. The number of hydrogen-bond donors (Lipinski definition) is 1. The van der Waals surface area contributed by atoms with E-state index in [0.717, 1.165) is 6.42 Å². The van der Waals surface area contributed by atoms with Crippen molar-refractivity contribution in [2.75, 3.05) is 13.7 Å². The lowest BCUT2D eigenvalue weighted by Crippen LogP contribution is -2.26. The van der Waals surface area contributed by atoms with Gasteiger partial charge in [0.05, 0.1) is 17.7 Å². The summed E-state index contributed by atoms with van der Waals surface area (Å²) < 4.78 is 10.6. The number of benzene rings is 2. The monoisotopic (exact) mass is 371 g/mol. The number of nitro benzene ring substituents is 1. The number of non-ortho nitro benzene ring substituents is 1. The summed E-state index contributed by atoms with van der Waals surface area (Å²) in [5.74, 6) is 0.531. The summed E-state index contributed by atoms with van der Waals surface area (Å²) in [6.45, 7) is 1.72. The third kappa shape index (κ3) is 5.81. The molecule has 2 rings (SSSR count). The van der Waals surface area contributed by atoms with Gasteiger partial charge in [-0.3, -0.25) is 14.9 Å². The van der Waals surface area contributed by atoms with Crippen molar-refractivity contribution >= 4 is 17.3 Å². The van der Waals surface area contributed by atoms with E-state index >= 15 is 0 Å². The van der Waals surface area contributed by atoms with Crippen LogP contribution in [0.15, 0.2) is 53.6 Å². The van der Waals surface area contributed by atoms with Gasteiger partial charge in [0.1, 0.15) is 0 Å². The fourth-order valence-electron chi connectivity index (χ4n) is 2.34. The number of hydrogen-bond acceptors (Lipinski definition) is 6. The van der Waals surface area contributed by atoms with Crippen molar-refractivity contribution in [1.82, 2.24) is 5.43 Å². The molecule has 0 saturated carbocycles. The summed E-state index contributed by atoms with van der Waals surface area (Å²) in [5.41, 5.74) is 3.57. The van der Waals surface area contributed by atoms with E-state index in [0.29, 0.717) is 29.2 Å². The Labute approximate surface area is 157 Å². The van der Waals surface area contributed by atoms with E-state index in [1.54, 1.807) is 36.4 Å². The maximum atomic E-state index is 12.0. The van der Waals surface area contributed by atoms with E-state index in [1.165, 1.54) is 19.2 Å². The minimum absolute atomic E-state index is 0.0258. The lowest BCUT2D eigenvalue weighted by Gasteiger charge is -2.10. The minimum Gasteiger partial charge on any atom is -0.493 e. The predicted octanol–water partition coefficient (Wildman–Crippen LogP) is 3.30. The molecule has 2 aromatic carbocycles. The molecule has 8 nitrogen and oxygen atoms in total. The summed E-state index contributed by atoms with van der Waals surface area (Å²) in [5, 5.41) is 15.1. The number of para-hydroxylation sites is 2. The Morgan fingerprint density at radius 1 is 1.19 bits per heavy atom. The van der Waals surface area contributed by atoms with E-state index in [9.17, 15) is 14.9 Å². The first kappa shape index (κ1) is 19.9. The number of methoxy groups -OCH3 is 1. The highest BCUT2D eigenvalue weighted by atomic mass is 16.6. The van der Waals surface area contributed by atoms with Crippen LogP contribution in [0.25, 0.3) is 0 Å². The van der Waals surface area contributed by atoms with E-state index < -0.39 is 10.8 Å². The van der Waals surface area contributed by atoms with Crippen LogP contribution in [0.3, 0.4) is 0 Å². The van der Waals surface area contributed by atoms with Gasteiger partial charge in [-0.25, -0.2) is 5.43 Å². The number of rotatable bonds is 9. The van der Waals surface area contributed by atoms with Crippen LogP contribution in [0.4, 0.5) is 5.69 Å². The Balaban J connectivity index is 2.04. The summed E-state index contributed by atoms with van der Waals surface area (Å²) in [6, 6.07) is 13.2. The molecule has 27 heavy (non-hydrogen) atoms. The molecule has 0 bridgehead atoms. The number of carbonyl (C=O) groups excluding carboxylic acids is 1. The molecule has 0 unspecified atom stereocenters. The molecule has 2 aromatic rings. The van der Waals surface area contributed by atoms with Gasteiger partial charge in [-0.05, 0) is 18.6 Å². The number of nitro groups is 1. The van der Waals surface area contributed by atoms with Crippen molar-refractivity contribution < 1.29 is 19.2 Å². The van der Waals surface area contributed by atoms with E-state index in [1.807, 2.05) is 6.92 Å². The fourth-order valence-corrected chi connectivity index (χ4v) is 2.34. The van der Waals surface area contributed by atoms with Gasteiger partial charge in [-0.15, -0.1) is 0 Å². The first-order valence-electron chi connectivity index (χ1n) is 8.41. The topological polar surface area (TPSA) is 103 Å². The molecule has 0 aliphatic carbocycles. The van der Waals surface area contributed by atoms with Crippen LogP contribution in [0, 0.1) is 10.1 Å². The van der Waals surface area contributed by atoms with Crippen LogP contribution in [-0.4, -0.2) is 30.3 Å². The van der Waals surface area contributed by atoms with Crippen molar-refractivity contribution in [3.8, 4) is 11.5 Å². The van der Waals surface area contributed by atoms with Crippen molar-refractivity contribution in [1.29, 1.82) is 0 Å². The molecule has 0 aliphatic heterocycles. The Bertz CT molecular complexity index is 836. The molecule has 0 aliphatic rings. The zero-order valence-electron chi connectivity index (χ0n) is 15.2. The smallest absolute Gasteiger partial charge is 0.277 e. The number of amides is 1. The highest BCUT2D eigenvalue weighted by molar-refractivity contribution is 6.01. The molecule has 0 saturated heterocycles. The molecule has 0 fully saturated rings. The Morgan fingerprint density at radius 3 is 2.59 bits per heavy atom. The van der Waals surface area contributed by atoms with Crippen molar-refractivity contribution in [3.63, 3.8) is 0 Å². The molecule has 0 aromatic heterocycles. The maximum Gasteiger partial charge on any atom is 0.277 e. The largest absolute Gasteiger partial charge is 0.493 e. The third-order valence-corrected chi connectivity index (χ3v) is 3.62. The molecule has 1 N–H and O–H groups in total. The maximum absolute atomic E-state index is 12.0. The second-order valence-corrected chi connectivity index (χ2v) is 5.59. The number of carbonyl (C=O) groups is 1. The molecule has 0 radical (unpaired) electrons. The fraction of sp³-hybridized carbons (Fsp3) is 0.263. The highest BCUT2D eigenvalue weighted by Gasteiger charge is 2.11. The van der Waals surface area contributed by atoms with Gasteiger partial charge in [-0.1, -0.05) is 37.6 Å². The number of hydrazone groups is 1. The van der Waals surface area contributed by atoms with Crippen molar-refractivity contribution in [3.05, 3.63) is 64.2 Å². The molecule has 142 valence electrons. The van der Waals surface area contributed by atoms with E-state index in [2.05, 4.69) is 10.5 Å². The van der Waals surface area contributed by atoms with Gasteiger partial charge in [0.15, 0.2) is 18.1 Å². The molecular formula is C19H21N3O5. The molecule has 0 spiro atoms. The summed E-state index contributed by atoms with van der Waals surface area (Å²) in [7, 11) is 1.52. The van der Waals surface area contributed by atoms with Crippen LogP contribution >= 0.6 is 0 Å². The van der Waals surface area contributed by atoms with Crippen molar-refractivity contribution in [2.45, 2.75) is 19.8 Å². The minimum atomic E-state index is -0.466. The SMILES string of the molecule is CCC/C(=N/NC(=O)COc1ccccc1OC)c1cccc([N+](=O)[O-])c1. The van der Waals surface area contributed by atoms with Crippen LogP contribution in [0.1, 0.15) is 25.3 Å². The molecule has 0 heterocycles. The van der Waals surface area contributed by atoms with Crippen LogP contribution < -0.4 is 14.9 Å². The van der Waals surface area contributed by atoms with Gasteiger partial charge < -0.3 is 9.47 Å². The average molecular weight is 371 g/mol. The Morgan fingerprint density at radius 2 is 1.93 bits per heavy atom. The van der Waals surface area contributed by atoms with Crippen LogP contribution in [0.5, 0.6) is 11.5 Å². The van der Waals surface area contributed by atoms with Crippen LogP contribution in [0.2, 0.25) is 0 Å².